The molecule has 1 saturated heterocycles. The fourth-order valence-electron chi connectivity index (χ4n) is 4.00. The summed E-state index contributed by atoms with van der Waals surface area (Å²) in [7, 11) is 0. The number of H-pyrrole nitrogens is 1. The molecule has 12 heteroatoms. The molecule has 1 aliphatic rings. The molecule has 35 heavy (non-hydrogen) atoms. The number of rotatable bonds is 11. The van der Waals surface area contributed by atoms with Gasteiger partial charge in [-0.15, -0.1) is 0 Å². The van der Waals surface area contributed by atoms with Gasteiger partial charge in [0.05, 0.1) is 12.4 Å². The van der Waals surface area contributed by atoms with E-state index < -0.39 is 47.9 Å². The van der Waals surface area contributed by atoms with Gasteiger partial charge in [-0.3, -0.25) is 14.4 Å². The summed E-state index contributed by atoms with van der Waals surface area (Å²) < 4.78 is 0. The maximum atomic E-state index is 13.5. The van der Waals surface area contributed by atoms with Gasteiger partial charge in [-0.2, -0.15) is 12.6 Å². The number of nitrogens with one attached hydrogen (secondary N) is 3. The average Bonchev–Trinajstić information content (AvgIpc) is 3.55. The van der Waals surface area contributed by atoms with Crippen molar-refractivity contribution in [3.8, 4) is 0 Å². The highest BCUT2D eigenvalue weighted by atomic mass is 32.1. The molecule has 6 N–H and O–H groups in total. The highest BCUT2D eigenvalue weighted by molar-refractivity contribution is 7.80. The molecule has 1 aromatic heterocycles. The van der Waals surface area contributed by atoms with Crippen LogP contribution in [0.4, 0.5) is 0 Å². The third-order valence-corrected chi connectivity index (χ3v) is 6.26. The lowest BCUT2D eigenvalue weighted by atomic mass is 10.0. The summed E-state index contributed by atoms with van der Waals surface area (Å²) in [6, 6.07) is 5.32. The summed E-state index contributed by atoms with van der Waals surface area (Å²) in [5.41, 5.74) is 7.17. The molecular weight excluding hydrogens is 472 g/mol. The highest BCUT2D eigenvalue weighted by Gasteiger charge is 2.39. The third-order valence-electron chi connectivity index (χ3n) is 5.86. The van der Waals surface area contributed by atoms with Crippen LogP contribution < -0.4 is 16.4 Å². The van der Waals surface area contributed by atoms with Gasteiger partial charge in [-0.25, -0.2) is 9.78 Å². The van der Waals surface area contributed by atoms with Crippen molar-refractivity contribution in [2.75, 3.05) is 12.3 Å². The molecule has 0 aliphatic carbocycles. The SMILES string of the molecule is N[C@@H](CS)C(=O)N[C@@H](Cc1ccccc1)C(=O)N1CCC[C@H]1C(=O)N[C@@H](Cc1cnc[nH]1)C(=O)O. The molecule has 1 aromatic carbocycles. The number of hydrogen-bond donors (Lipinski definition) is 6. The number of aromatic nitrogens is 2. The standard InChI is InChI=1S/C23H30N6O5S/c24-16(12-35)20(30)27-17(9-14-5-2-1-3-6-14)22(32)29-8-4-7-19(29)21(31)28-18(23(33)34)10-15-11-25-13-26-15/h1-3,5-6,11,13,16-19,35H,4,7-10,12,24H2,(H,25,26)(H,27,30)(H,28,31)(H,33,34)/t16-,17-,18-,19-/m0/s1. The van der Waals surface area contributed by atoms with E-state index >= 15 is 0 Å². The molecule has 4 atom stereocenters. The number of hydrogen-bond acceptors (Lipinski definition) is 7. The minimum absolute atomic E-state index is 0.0239. The van der Waals surface area contributed by atoms with Crippen molar-refractivity contribution < 1.29 is 24.3 Å². The molecule has 1 fully saturated rings. The predicted octanol–water partition coefficient (Wildman–Crippen LogP) is -0.503. The van der Waals surface area contributed by atoms with Gasteiger partial charge in [0.25, 0.3) is 0 Å². The summed E-state index contributed by atoms with van der Waals surface area (Å²) >= 11 is 4.05. The number of imidazole rings is 1. The number of thiol groups is 1. The number of nitrogens with zero attached hydrogens (tertiary/aromatic N) is 2. The summed E-state index contributed by atoms with van der Waals surface area (Å²) in [5, 5.41) is 14.8. The first-order chi connectivity index (χ1) is 16.8. The average molecular weight is 503 g/mol. The molecule has 188 valence electrons. The van der Waals surface area contributed by atoms with Crippen molar-refractivity contribution in [1.82, 2.24) is 25.5 Å². The van der Waals surface area contributed by atoms with Gasteiger partial charge in [0.15, 0.2) is 0 Å². The van der Waals surface area contributed by atoms with Crippen LogP contribution in [0.5, 0.6) is 0 Å². The number of likely N-dealkylation sites (tertiary alicyclic amines) is 1. The third kappa shape index (κ3) is 7.06. The van der Waals surface area contributed by atoms with E-state index in [1.807, 2.05) is 30.3 Å². The number of carbonyl (C=O) groups excluding carboxylic acids is 3. The molecule has 3 rings (SSSR count). The zero-order valence-corrected chi connectivity index (χ0v) is 20.0. The summed E-state index contributed by atoms with van der Waals surface area (Å²) in [6.45, 7) is 0.314. The second-order valence-corrected chi connectivity index (χ2v) is 8.78. The molecule has 0 saturated carbocycles. The van der Waals surface area contributed by atoms with Crippen LogP contribution in [0, 0.1) is 0 Å². The van der Waals surface area contributed by atoms with Crippen molar-refractivity contribution in [3.63, 3.8) is 0 Å². The van der Waals surface area contributed by atoms with Gasteiger partial charge >= 0.3 is 5.97 Å². The Kier molecular flexibility index (Phi) is 9.26. The van der Waals surface area contributed by atoms with E-state index in [0.717, 1.165) is 5.56 Å². The fraction of sp³-hybridized carbons (Fsp3) is 0.435. The monoisotopic (exact) mass is 502 g/mol. The summed E-state index contributed by atoms with van der Waals surface area (Å²) in [6.07, 6.45) is 4.11. The Morgan fingerprint density at radius 3 is 2.54 bits per heavy atom. The van der Waals surface area contributed by atoms with E-state index in [-0.39, 0.29) is 18.6 Å². The van der Waals surface area contributed by atoms with Gasteiger partial charge in [0.2, 0.25) is 17.7 Å². The Labute approximate surface area is 208 Å². The van der Waals surface area contributed by atoms with Crippen molar-refractivity contribution in [3.05, 3.63) is 54.1 Å². The van der Waals surface area contributed by atoms with Crippen molar-refractivity contribution >= 4 is 36.3 Å². The van der Waals surface area contributed by atoms with Gasteiger partial charge in [0, 0.05) is 37.0 Å². The Balaban J connectivity index is 1.74. The van der Waals surface area contributed by atoms with Crippen LogP contribution in [0.15, 0.2) is 42.9 Å². The van der Waals surface area contributed by atoms with E-state index in [1.165, 1.54) is 17.4 Å². The molecule has 2 heterocycles. The number of carboxylic acids is 1. The first-order valence-electron chi connectivity index (χ1n) is 11.3. The van der Waals surface area contributed by atoms with Crippen LogP contribution in [-0.2, 0) is 32.0 Å². The van der Waals surface area contributed by atoms with Gasteiger partial charge < -0.3 is 31.4 Å². The second-order valence-electron chi connectivity index (χ2n) is 8.41. The molecule has 0 unspecified atom stereocenters. The molecule has 1 aliphatic heterocycles. The lowest BCUT2D eigenvalue weighted by molar-refractivity contribution is -0.144. The summed E-state index contributed by atoms with van der Waals surface area (Å²) in [4.78, 5) is 58.9. The Bertz CT molecular complexity index is 1020. The number of amides is 3. The molecule has 2 aromatic rings. The quantitative estimate of drug-likeness (QED) is 0.225. The first kappa shape index (κ1) is 26.2. The Morgan fingerprint density at radius 1 is 1.17 bits per heavy atom. The number of benzene rings is 1. The predicted molar refractivity (Wildman–Crippen MR) is 130 cm³/mol. The zero-order chi connectivity index (χ0) is 25.4. The van der Waals surface area contributed by atoms with E-state index in [1.54, 1.807) is 0 Å². The smallest absolute Gasteiger partial charge is 0.326 e. The van der Waals surface area contributed by atoms with Crippen LogP contribution in [-0.4, -0.2) is 80.1 Å². The normalized spacial score (nSPS) is 17.9. The number of carboxylic acid groups (broad SMARTS) is 1. The first-order valence-corrected chi connectivity index (χ1v) is 11.9. The van der Waals surface area contributed by atoms with E-state index in [2.05, 4.69) is 33.2 Å². The number of carbonyl (C=O) groups is 4. The van der Waals surface area contributed by atoms with Crippen LogP contribution in [0.1, 0.15) is 24.1 Å². The lowest BCUT2D eigenvalue weighted by Crippen LogP contribution is -2.57. The van der Waals surface area contributed by atoms with Crippen molar-refractivity contribution in [1.29, 1.82) is 0 Å². The Hall–Kier alpha value is -3.38. The number of aromatic amines is 1. The van der Waals surface area contributed by atoms with Crippen LogP contribution in [0.2, 0.25) is 0 Å². The minimum Gasteiger partial charge on any atom is -0.480 e. The van der Waals surface area contributed by atoms with Crippen LogP contribution >= 0.6 is 12.6 Å². The highest BCUT2D eigenvalue weighted by Crippen LogP contribution is 2.20. The largest absolute Gasteiger partial charge is 0.480 e. The molecule has 11 nitrogen and oxygen atoms in total. The maximum Gasteiger partial charge on any atom is 0.326 e. The van der Waals surface area contributed by atoms with E-state index in [4.69, 9.17) is 5.73 Å². The number of nitrogens with two attached hydrogens (primary N) is 1. The van der Waals surface area contributed by atoms with Crippen molar-refractivity contribution in [2.24, 2.45) is 5.73 Å². The lowest BCUT2D eigenvalue weighted by Gasteiger charge is -2.30. The van der Waals surface area contributed by atoms with Crippen LogP contribution in [0.25, 0.3) is 0 Å². The minimum atomic E-state index is -1.20. The fourth-order valence-corrected chi connectivity index (χ4v) is 4.16. The molecular formula is C23H30N6O5S. The molecule has 0 radical (unpaired) electrons. The van der Waals surface area contributed by atoms with Crippen molar-refractivity contribution in [2.45, 2.75) is 49.9 Å². The van der Waals surface area contributed by atoms with Crippen LogP contribution in [0.3, 0.4) is 0 Å². The second kappa shape index (κ2) is 12.4. The zero-order valence-electron chi connectivity index (χ0n) is 19.1. The number of aliphatic carboxylic acids is 1. The molecule has 3 amide bonds. The van der Waals surface area contributed by atoms with E-state index in [0.29, 0.717) is 25.1 Å². The molecule has 0 bridgehead atoms. The topological polar surface area (TPSA) is 171 Å². The summed E-state index contributed by atoms with van der Waals surface area (Å²) in [5.74, 6) is -2.58. The Morgan fingerprint density at radius 2 is 1.91 bits per heavy atom. The molecule has 0 spiro atoms. The van der Waals surface area contributed by atoms with E-state index in [9.17, 15) is 24.3 Å². The maximum absolute atomic E-state index is 13.5. The van der Waals surface area contributed by atoms with Gasteiger partial charge in [0.1, 0.15) is 18.1 Å². The van der Waals surface area contributed by atoms with Gasteiger partial charge in [-0.05, 0) is 18.4 Å². The van der Waals surface area contributed by atoms with Gasteiger partial charge in [-0.1, -0.05) is 30.3 Å².